The van der Waals surface area contributed by atoms with Crippen molar-refractivity contribution in [3.63, 3.8) is 0 Å². The van der Waals surface area contributed by atoms with E-state index in [1.165, 1.54) is 32.4 Å². The Morgan fingerprint density at radius 3 is 2.90 bits per heavy atom. The Hall–Kier alpha value is -0.0400. The number of hydrogen-bond donors (Lipinski definition) is 1. The lowest BCUT2D eigenvalue weighted by atomic mass is 9.86. The molecule has 0 aliphatic carbocycles. The summed E-state index contributed by atoms with van der Waals surface area (Å²) in [7, 11) is 0. The van der Waals surface area contributed by atoms with Crippen LogP contribution in [0.15, 0.2) is 0 Å². The molecular formula is C9H19N. The second-order valence-electron chi connectivity index (χ2n) is 3.49. The highest BCUT2D eigenvalue weighted by molar-refractivity contribution is 4.72. The van der Waals surface area contributed by atoms with Gasteiger partial charge in [0.2, 0.25) is 0 Å². The minimum absolute atomic E-state index is 0.924. The third kappa shape index (κ3) is 1.98. The molecule has 1 rings (SSSR count). The Bertz CT molecular complexity index is 84.7. The molecule has 1 fully saturated rings. The molecule has 0 amide bonds. The summed E-state index contributed by atoms with van der Waals surface area (Å²) >= 11 is 0. The quantitative estimate of drug-likeness (QED) is 0.620. The summed E-state index contributed by atoms with van der Waals surface area (Å²) in [5.41, 5.74) is 0. The fourth-order valence-electron chi connectivity index (χ4n) is 1.70. The first-order valence-electron chi connectivity index (χ1n) is 4.55. The molecule has 0 saturated carbocycles. The highest BCUT2D eigenvalue weighted by atomic mass is 14.9. The zero-order valence-corrected chi connectivity index (χ0v) is 7.19. The van der Waals surface area contributed by atoms with Crippen molar-refractivity contribution in [3.8, 4) is 0 Å². The van der Waals surface area contributed by atoms with Gasteiger partial charge in [0.1, 0.15) is 0 Å². The van der Waals surface area contributed by atoms with Crippen LogP contribution in [0.25, 0.3) is 0 Å². The van der Waals surface area contributed by atoms with Crippen molar-refractivity contribution < 1.29 is 0 Å². The van der Waals surface area contributed by atoms with E-state index >= 15 is 0 Å². The summed E-state index contributed by atoms with van der Waals surface area (Å²) in [6, 6.07) is 0. The molecule has 0 aromatic rings. The van der Waals surface area contributed by atoms with Crippen LogP contribution in [0, 0.1) is 11.8 Å². The van der Waals surface area contributed by atoms with Crippen LogP contribution in [0.4, 0.5) is 0 Å². The van der Waals surface area contributed by atoms with Crippen LogP contribution in [0.2, 0.25) is 0 Å². The van der Waals surface area contributed by atoms with Crippen LogP contribution in [0.5, 0.6) is 0 Å². The molecule has 0 bridgehead atoms. The molecule has 0 radical (unpaired) electrons. The Morgan fingerprint density at radius 1 is 1.60 bits per heavy atom. The fourth-order valence-corrected chi connectivity index (χ4v) is 1.70. The van der Waals surface area contributed by atoms with Crippen molar-refractivity contribution in [2.24, 2.45) is 11.8 Å². The van der Waals surface area contributed by atoms with Crippen LogP contribution in [0.1, 0.15) is 33.1 Å². The predicted octanol–water partition coefficient (Wildman–Crippen LogP) is 2.03. The van der Waals surface area contributed by atoms with Crippen LogP contribution >= 0.6 is 0 Å². The van der Waals surface area contributed by atoms with Crippen molar-refractivity contribution >= 4 is 0 Å². The summed E-state index contributed by atoms with van der Waals surface area (Å²) in [5.74, 6) is 1.88. The Morgan fingerprint density at radius 2 is 2.40 bits per heavy atom. The van der Waals surface area contributed by atoms with Gasteiger partial charge in [0, 0.05) is 0 Å². The maximum atomic E-state index is 3.45. The SMILES string of the molecule is CC[C@@H](C)[C@@H]1CCCNC1. The second kappa shape index (κ2) is 3.97. The van der Waals surface area contributed by atoms with E-state index in [2.05, 4.69) is 19.2 Å². The van der Waals surface area contributed by atoms with Crippen molar-refractivity contribution in [2.45, 2.75) is 33.1 Å². The second-order valence-corrected chi connectivity index (χ2v) is 3.49. The molecule has 1 saturated heterocycles. The fraction of sp³-hybridized carbons (Fsp3) is 1.00. The monoisotopic (exact) mass is 141 g/mol. The van der Waals surface area contributed by atoms with Gasteiger partial charge in [0.05, 0.1) is 0 Å². The largest absolute Gasteiger partial charge is 0.316 e. The average molecular weight is 141 g/mol. The third-order valence-electron chi connectivity index (χ3n) is 2.78. The average Bonchev–Trinajstić information content (AvgIpc) is 2.05. The summed E-state index contributed by atoms with van der Waals surface area (Å²) in [5, 5.41) is 3.45. The van der Waals surface area contributed by atoms with Crippen LogP contribution in [-0.4, -0.2) is 13.1 Å². The van der Waals surface area contributed by atoms with E-state index in [-0.39, 0.29) is 0 Å². The molecule has 0 aromatic heterocycles. The lowest BCUT2D eigenvalue weighted by molar-refractivity contribution is 0.274. The van der Waals surface area contributed by atoms with Gasteiger partial charge in [-0.25, -0.2) is 0 Å². The van der Waals surface area contributed by atoms with Gasteiger partial charge in [-0.3, -0.25) is 0 Å². The van der Waals surface area contributed by atoms with Crippen molar-refractivity contribution in [1.29, 1.82) is 0 Å². The van der Waals surface area contributed by atoms with E-state index in [1.54, 1.807) is 0 Å². The molecule has 1 heterocycles. The molecule has 1 aliphatic heterocycles. The van der Waals surface area contributed by atoms with Crippen molar-refractivity contribution in [2.75, 3.05) is 13.1 Å². The van der Waals surface area contributed by atoms with E-state index in [4.69, 9.17) is 0 Å². The van der Waals surface area contributed by atoms with E-state index < -0.39 is 0 Å². The lowest BCUT2D eigenvalue weighted by Crippen LogP contribution is -2.33. The van der Waals surface area contributed by atoms with E-state index in [9.17, 15) is 0 Å². The number of piperidine rings is 1. The topological polar surface area (TPSA) is 12.0 Å². The van der Waals surface area contributed by atoms with Crippen molar-refractivity contribution in [3.05, 3.63) is 0 Å². The minimum Gasteiger partial charge on any atom is -0.316 e. The van der Waals surface area contributed by atoms with Gasteiger partial charge in [0.15, 0.2) is 0 Å². The van der Waals surface area contributed by atoms with Gasteiger partial charge in [-0.2, -0.15) is 0 Å². The molecule has 1 N–H and O–H groups in total. The molecule has 0 aromatic carbocycles. The zero-order chi connectivity index (χ0) is 7.40. The molecule has 0 unspecified atom stereocenters. The maximum absolute atomic E-state index is 3.45. The Balaban J connectivity index is 2.24. The first-order valence-corrected chi connectivity index (χ1v) is 4.55. The van der Waals surface area contributed by atoms with Gasteiger partial charge in [-0.1, -0.05) is 20.3 Å². The highest BCUT2D eigenvalue weighted by Gasteiger charge is 2.17. The van der Waals surface area contributed by atoms with E-state index in [1.807, 2.05) is 0 Å². The molecule has 0 spiro atoms. The lowest BCUT2D eigenvalue weighted by Gasteiger charge is -2.27. The van der Waals surface area contributed by atoms with Crippen LogP contribution < -0.4 is 5.32 Å². The van der Waals surface area contributed by atoms with Gasteiger partial charge < -0.3 is 5.32 Å². The first kappa shape index (κ1) is 8.06. The Kier molecular flexibility index (Phi) is 3.20. The molecule has 1 nitrogen and oxygen atoms in total. The van der Waals surface area contributed by atoms with Gasteiger partial charge in [0.25, 0.3) is 0 Å². The van der Waals surface area contributed by atoms with Crippen LogP contribution in [0.3, 0.4) is 0 Å². The smallest absolute Gasteiger partial charge is 0.00180 e. The zero-order valence-electron chi connectivity index (χ0n) is 7.19. The molecule has 1 aliphatic rings. The predicted molar refractivity (Wildman–Crippen MR) is 45.0 cm³/mol. The number of rotatable bonds is 2. The normalized spacial score (nSPS) is 30.0. The van der Waals surface area contributed by atoms with Crippen molar-refractivity contribution in [1.82, 2.24) is 5.32 Å². The van der Waals surface area contributed by atoms with E-state index in [0.29, 0.717) is 0 Å². The van der Waals surface area contributed by atoms with Gasteiger partial charge in [-0.15, -0.1) is 0 Å². The molecule has 60 valence electrons. The van der Waals surface area contributed by atoms with E-state index in [0.717, 1.165) is 11.8 Å². The van der Waals surface area contributed by atoms with Gasteiger partial charge >= 0.3 is 0 Å². The molecule has 1 heteroatoms. The number of hydrogen-bond acceptors (Lipinski definition) is 1. The first-order chi connectivity index (χ1) is 4.84. The highest BCUT2D eigenvalue weighted by Crippen LogP contribution is 2.21. The minimum atomic E-state index is 0.924. The summed E-state index contributed by atoms with van der Waals surface area (Å²) in [6.45, 7) is 7.17. The van der Waals surface area contributed by atoms with Gasteiger partial charge in [-0.05, 0) is 37.8 Å². The summed E-state index contributed by atoms with van der Waals surface area (Å²) in [6.07, 6.45) is 4.17. The third-order valence-corrected chi connectivity index (χ3v) is 2.78. The number of nitrogens with one attached hydrogen (secondary N) is 1. The molecule has 2 atom stereocenters. The maximum Gasteiger partial charge on any atom is -0.00180 e. The molecular weight excluding hydrogens is 122 g/mol. The van der Waals surface area contributed by atoms with Crippen LogP contribution in [-0.2, 0) is 0 Å². The standard InChI is InChI=1S/C9H19N/c1-3-8(2)9-5-4-6-10-7-9/h8-10H,3-7H2,1-2H3/t8-,9-/m1/s1. The summed E-state index contributed by atoms with van der Waals surface area (Å²) in [4.78, 5) is 0. The Labute approximate surface area is 64.2 Å². The molecule has 10 heavy (non-hydrogen) atoms. The summed E-state index contributed by atoms with van der Waals surface area (Å²) < 4.78 is 0.